The van der Waals surface area contributed by atoms with Gasteiger partial charge in [0.15, 0.2) is 0 Å². The minimum absolute atomic E-state index is 0.241. The minimum atomic E-state index is -0.241. The van der Waals surface area contributed by atoms with Crippen molar-refractivity contribution in [3.8, 4) is 0 Å². The minimum Gasteiger partial charge on any atom is -0.366 e. The zero-order valence-electron chi connectivity index (χ0n) is 9.47. The van der Waals surface area contributed by atoms with Gasteiger partial charge in [0, 0.05) is 5.57 Å². The summed E-state index contributed by atoms with van der Waals surface area (Å²) in [6.07, 6.45) is 6.15. The largest absolute Gasteiger partial charge is 0.366 e. The normalized spacial score (nSPS) is 27.4. The van der Waals surface area contributed by atoms with Gasteiger partial charge in [-0.05, 0) is 37.0 Å². The molecule has 0 fully saturated rings. The molecular formula is C12H21NO. The average Bonchev–Trinajstić information content (AvgIpc) is 1.99. The fourth-order valence-electron chi connectivity index (χ4n) is 2.27. The summed E-state index contributed by atoms with van der Waals surface area (Å²) in [4.78, 5) is 11.1. The first-order chi connectivity index (χ1) is 6.41. The predicted molar refractivity (Wildman–Crippen MR) is 58.7 cm³/mol. The molecule has 0 aromatic heterocycles. The molecule has 0 aliphatic heterocycles. The molecule has 0 heterocycles. The molecule has 2 heteroatoms. The number of rotatable bonds is 1. The van der Waals surface area contributed by atoms with Crippen LogP contribution >= 0.6 is 0 Å². The average molecular weight is 195 g/mol. The molecular weight excluding hydrogens is 174 g/mol. The zero-order chi connectivity index (χ0) is 10.8. The van der Waals surface area contributed by atoms with Crippen molar-refractivity contribution in [3.63, 3.8) is 0 Å². The van der Waals surface area contributed by atoms with Gasteiger partial charge in [-0.25, -0.2) is 0 Å². The lowest BCUT2D eigenvalue weighted by Gasteiger charge is -2.30. The SMILES string of the molecule is CC1CC=C(C(N)=O)CCC(C)(C)C1. The first-order valence-corrected chi connectivity index (χ1v) is 5.39. The molecule has 1 aliphatic rings. The monoisotopic (exact) mass is 195 g/mol. The van der Waals surface area contributed by atoms with E-state index >= 15 is 0 Å². The van der Waals surface area contributed by atoms with E-state index in [-0.39, 0.29) is 5.91 Å². The summed E-state index contributed by atoms with van der Waals surface area (Å²) >= 11 is 0. The van der Waals surface area contributed by atoms with Gasteiger partial charge < -0.3 is 5.73 Å². The van der Waals surface area contributed by atoms with E-state index in [1.807, 2.05) is 6.08 Å². The Morgan fingerprint density at radius 2 is 2.21 bits per heavy atom. The maximum Gasteiger partial charge on any atom is 0.244 e. The van der Waals surface area contributed by atoms with E-state index in [0.29, 0.717) is 11.3 Å². The second-order valence-electron chi connectivity index (χ2n) is 5.30. The summed E-state index contributed by atoms with van der Waals surface area (Å²) in [5, 5.41) is 0. The Hall–Kier alpha value is -0.790. The van der Waals surface area contributed by atoms with Crippen LogP contribution in [0.15, 0.2) is 11.6 Å². The van der Waals surface area contributed by atoms with Crippen LogP contribution in [-0.2, 0) is 4.79 Å². The standard InChI is InChI=1S/C12H21NO/c1-9-4-5-10(11(13)14)6-7-12(2,3)8-9/h5,9H,4,6-8H2,1-3H3,(H2,13,14). The summed E-state index contributed by atoms with van der Waals surface area (Å²) < 4.78 is 0. The molecule has 0 saturated carbocycles. The molecule has 14 heavy (non-hydrogen) atoms. The number of carbonyl (C=O) groups excluding carboxylic acids is 1. The molecule has 0 aromatic carbocycles. The first kappa shape index (κ1) is 11.3. The van der Waals surface area contributed by atoms with Crippen LogP contribution in [0.2, 0.25) is 0 Å². The number of hydrogen-bond acceptors (Lipinski definition) is 1. The quantitative estimate of drug-likeness (QED) is 0.686. The van der Waals surface area contributed by atoms with Gasteiger partial charge in [0.2, 0.25) is 5.91 Å². The van der Waals surface area contributed by atoms with Crippen molar-refractivity contribution in [1.82, 2.24) is 0 Å². The third-order valence-electron chi connectivity index (χ3n) is 3.06. The topological polar surface area (TPSA) is 43.1 Å². The third kappa shape index (κ3) is 3.17. The van der Waals surface area contributed by atoms with Gasteiger partial charge in [0.25, 0.3) is 0 Å². The van der Waals surface area contributed by atoms with Crippen LogP contribution < -0.4 is 5.73 Å². The molecule has 1 atom stereocenters. The van der Waals surface area contributed by atoms with Gasteiger partial charge >= 0.3 is 0 Å². The van der Waals surface area contributed by atoms with E-state index in [1.165, 1.54) is 6.42 Å². The lowest BCUT2D eigenvalue weighted by Crippen LogP contribution is -2.21. The lowest BCUT2D eigenvalue weighted by molar-refractivity contribution is -0.114. The number of allylic oxidation sites excluding steroid dienone is 1. The maximum absolute atomic E-state index is 11.1. The fourth-order valence-corrected chi connectivity index (χ4v) is 2.27. The van der Waals surface area contributed by atoms with Crippen molar-refractivity contribution in [2.45, 2.75) is 46.5 Å². The molecule has 0 spiro atoms. The fraction of sp³-hybridized carbons (Fsp3) is 0.750. The number of amides is 1. The Bertz CT molecular complexity index is 253. The summed E-state index contributed by atoms with van der Waals surface area (Å²) in [5.74, 6) is 0.412. The summed E-state index contributed by atoms with van der Waals surface area (Å²) in [7, 11) is 0. The van der Waals surface area contributed by atoms with Gasteiger partial charge in [-0.3, -0.25) is 4.79 Å². The predicted octanol–water partition coefficient (Wildman–Crippen LogP) is 2.63. The molecule has 1 aliphatic carbocycles. The van der Waals surface area contributed by atoms with Crippen molar-refractivity contribution in [2.75, 3.05) is 0 Å². The number of hydrogen-bond donors (Lipinski definition) is 1. The van der Waals surface area contributed by atoms with Crippen molar-refractivity contribution in [2.24, 2.45) is 17.1 Å². The molecule has 1 unspecified atom stereocenters. The highest BCUT2D eigenvalue weighted by Gasteiger charge is 2.24. The Morgan fingerprint density at radius 1 is 1.57 bits per heavy atom. The van der Waals surface area contributed by atoms with Crippen molar-refractivity contribution in [3.05, 3.63) is 11.6 Å². The van der Waals surface area contributed by atoms with E-state index in [2.05, 4.69) is 20.8 Å². The highest BCUT2D eigenvalue weighted by Crippen LogP contribution is 2.35. The number of carbonyl (C=O) groups is 1. The van der Waals surface area contributed by atoms with Crippen LogP contribution in [0.3, 0.4) is 0 Å². The van der Waals surface area contributed by atoms with Gasteiger partial charge in [0.1, 0.15) is 0 Å². The van der Waals surface area contributed by atoms with E-state index < -0.39 is 0 Å². The van der Waals surface area contributed by atoms with Crippen LogP contribution in [0, 0.1) is 11.3 Å². The molecule has 1 amide bonds. The van der Waals surface area contributed by atoms with E-state index in [0.717, 1.165) is 24.8 Å². The summed E-state index contributed by atoms with van der Waals surface area (Å²) in [5.41, 5.74) is 6.48. The zero-order valence-corrected chi connectivity index (χ0v) is 9.47. The van der Waals surface area contributed by atoms with Crippen LogP contribution in [0.4, 0.5) is 0 Å². The summed E-state index contributed by atoms with van der Waals surface area (Å²) in [6, 6.07) is 0. The highest BCUT2D eigenvalue weighted by atomic mass is 16.1. The van der Waals surface area contributed by atoms with Crippen LogP contribution in [0.1, 0.15) is 46.5 Å². The second-order valence-corrected chi connectivity index (χ2v) is 5.30. The summed E-state index contributed by atoms with van der Waals surface area (Å²) in [6.45, 7) is 6.78. The molecule has 1 rings (SSSR count). The Morgan fingerprint density at radius 3 is 2.79 bits per heavy atom. The molecule has 0 radical (unpaired) electrons. The van der Waals surface area contributed by atoms with Crippen molar-refractivity contribution < 1.29 is 4.79 Å². The molecule has 0 aromatic rings. The van der Waals surface area contributed by atoms with Crippen LogP contribution in [-0.4, -0.2) is 5.91 Å². The lowest BCUT2D eigenvalue weighted by atomic mass is 9.76. The van der Waals surface area contributed by atoms with E-state index in [4.69, 9.17) is 5.73 Å². The van der Waals surface area contributed by atoms with Crippen LogP contribution in [0.25, 0.3) is 0 Å². The Balaban J connectivity index is 2.76. The van der Waals surface area contributed by atoms with Crippen molar-refractivity contribution >= 4 is 5.91 Å². The van der Waals surface area contributed by atoms with E-state index in [9.17, 15) is 4.79 Å². The molecule has 0 saturated heterocycles. The molecule has 80 valence electrons. The van der Waals surface area contributed by atoms with E-state index in [1.54, 1.807) is 0 Å². The first-order valence-electron chi connectivity index (χ1n) is 5.39. The second kappa shape index (κ2) is 4.16. The molecule has 2 nitrogen and oxygen atoms in total. The van der Waals surface area contributed by atoms with Crippen molar-refractivity contribution in [1.29, 1.82) is 0 Å². The molecule has 2 N–H and O–H groups in total. The third-order valence-corrected chi connectivity index (χ3v) is 3.06. The number of nitrogens with two attached hydrogens (primary N) is 1. The molecule has 0 bridgehead atoms. The van der Waals surface area contributed by atoms with Crippen LogP contribution in [0.5, 0.6) is 0 Å². The van der Waals surface area contributed by atoms with Gasteiger partial charge in [0.05, 0.1) is 0 Å². The van der Waals surface area contributed by atoms with Gasteiger partial charge in [-0.1, -0.05) is 26.8 Å². The Labute approximate surface area is 86.6 Å². The highest BCUT2D eigenvalue weighted by molar-refractivity contribution is 5.91. The maximum atomic E-state index is 11.1. The Kier molecular flexibility index (Phi) is 3.35. The van der Waals surface area contributed by atoms with Gasteiger partial charge in [-0.15, -0.1) is 0 Å². The number of primary amides is 1. The smallest absolute Gasteiger partial charge is 0.244 e. The van der Waals surface area contributed by atoms with Gasteiger partial charge in [-0.2, -0.15) is 0 Å².